The molecule has 3 aromatic rings. The van der Waals surface area contributed by atoms with Crippen LogP contribution in [0.25, 0.3) is 15.8 Å². The summed E-state index contributed by atoms with van der Waals surface area (Å²) in [7, 11) is 0. The van der Waals surface area contributed by atoms with Gasteiger partial charge in [-0.1, -0.05) is 23.7 Å². The van der Waals surface area contributed by atoms with Crippen molar-refractivity contribution < 1.29 is 9.53 Å². The zero-order valence-electron chi connectivity index (χ0n) is 10.7. The third kappa shape index (κ3) is 2.23. The maximum Gasteiger partial charge on any atom is 0.308 e. The van der Waals surface area contributed by atoms with E-state index in [1.807, 2.05) is 24.3 Å². The van der Waals surface area contributed by atoms with Gasteiger partial charge in [0, 0.05) is 6.92 Å². The first kappa shape index (κ1) is 12.6. The molecule has 0 aliphatic heterocycles. The minimum atomic E-state index is -0.364. The molecule has 1 aromatic heterocycles. The normalized spacial score (nSPS) is 10.7. The number of esters is 1. The molecule has 0 saturated carbocycles. The molecule has 0 radical (unpaired) electrons. The molecule has 0 spiro atoms. The Labute approximate surface area is 119 Å². The Hall–Kier alpha value is -2.40. The van der Waals surface area contributed by atoms with Crippen LogP contribution in [0.5, 0.6) is 5.75 Å². The number of carbonyl (C=O) groups excluding carboxylic acids is 1. The minimum absolute atomic E-state index is 0.0363. The van der Waals surface area contributed by atoms with E-state index in [1.54, 1.807) is 28.2 Å². The first-order valence-electron chi connectivity index (χ1n) is 6.05. The molecule has 0 aliphatic carbocycles. The van der Waals surface area contributed by atoms with Crippen molar-refractivity contribution in [2.45, 2.75) is 6.92 Å². The molecule has 5 heteroatoms. The van der Waals surface area contributed by atoms with Crippen LogP contribution in [0.2, 0.25) is 0 Å². The van der Waals surface area contributed by atoms with Gasteiger partial charge in [-0.2, -0.15) is 0 Å². The highest BCUT2D eigenvalue weighted by atomic mass is 32.1. The lowest BCUT2D eigenvalue weighted by Gasteiger charge is -2.03. The monoisotopic (exact) mass is 285 g/mol. The average molecular weight is 285 g/mol. The van der Waals surface area contributed by atoms with Gasteiger partial charge in [-0.05, 0) is 36.4 Å². The van der Waals surface area contributed by atoms with Crippen LogP contribution >= 0.6 is 11.5 Å². The number of hydrogen-bond donors (Lipinski definition) is 0. The van der Waals surface area contributed by atoms with Crippen molar-refractivity contribution in [3.8, 4) is 11.4 Å². The van der Waals surface area contributed by atoms with E-state index in [0.717, 1.165) is 10.4 Å². The second-order valence-electron chi connectivity index (χ2n) is 4.27. The molecule has 20 heavy (non-hydrogen) atoms. The van der Waals surface area contributed by atoms with Crippen LogP contribution in [0.4, 0.5) is 0 Å². The third-order valence-corrected chi connectivity index (χ3v) is 3.94. The molecule has 0 unspecified atom stereocenters. The molecule has 0 atom stereocenters. The number of fused-ring (bicyclic) bond motifs is 1. The average Bonchev–Trinajstić information content (AvgIpc) is 2.77. The fraction of sp³-hybridized carbons (Fsp3) is 0.0667. The smallest absolute Gasteiger partial charge is 0.308 e. The molecule has 4 nitrogen and oxygen atoms in total. The van der Waals surface area contributed by atoms with Crippen molar-refractivity contribution in [3.63, 3.8) is 0 Å². The SMILES string of the molecule is CC(=O)Oc1ccc(-n2sc3ccccc3c2=O)cc1. The van der Waals surface area contributed by atoms with Crippen molar-refractivity contribution in [2.75, 3.05) is 0 Å². The predicted octanol–water partition coefficient (Wildman–Crippen LogP) is 2.98. The molecule has 0 saturated heterocycles. The fourth-order valence-corrected chi connectivity index (χ4v) is 2.96. The summed E-state index contributed by atoms with van der Waals surface area (Å²) in [5.74, 6) is 0.104. The Kier molecular flexibility index (Phi) is 3.12. The van der Waals surface area contributed by atoms with Gasteiger partial charge in [0.1, 0.15) is 5.75 Å². The lowest BCUT2D eigenvalue weighted by atomic mass is 10.3. The van der Waals surface area contributed by atoms with Gasteiger partial charge in [-0.3, -0.25) is 9.59 Å². The lowest BCUT2D eigenvalue weighted by molar-refractivity contribution is -0.131. The Morgan fingerprint density at radius 1 is 1.10 bits per heavy atom. The molecule has 0 N–H and O–H groups in total. The van der Waals surface area contributed by atoms with E-state index < -0.39 is 0 Å². The standard InChI is InChI=1S/C15H11NO3S/c1-10(17)19-12-8-6-11(7-9-12)16-15(18)13-4-2-3-5-14(13)20-16/h2-9H,1H3. The van der Waals surface area contributed by atoms with Crippen LogP contribution in [-0.2, 0) is 4.79 Å². The number of benzene rings is 2. The summed E-state index contributed by atoms with van der Waals surface area (Å²) in [6.07, 6.45) is 0. The quantitative estimate of drug-likeness (QED) is 0.537. The van der Waals surface area contributed by atoms with Gasteiger partial charge in [-0.25, -0.2) is 3.96 Å². The first-order valence-corrected chi connectivity index (χ1v) is 6.82. The number of aromatic nitrogens is 1. The number of carbonyl (C=O) groups is 1. The van der Waals surface area contributed by atoms with Crippen LogP contribution in [0.1, 0.15) is 6.92 Å². The van der Waals surface area contributed by atoms with Crippen LogP contribution in [0, 0.1) is 0 Å². The molecule has 0 aliphatic rings. The van der Waals surface area contributed by atoms with Crippen molar-refractivity contribution in [1.82, 2.24) is 3.96 Å². The molecule has 0 amide bonds. The van der Waals surface area contributed by atoms with E-state index in [9.17, 15) is 9.59 Å². The maximum atomic E-state index is 12.3. The molecule has 1 heterocycles. The summed E-state index contributed by atoms with van der Waals surface area (Å²) in [6, 6.07) is 14.4. The van der Waals surface area contributed by atoms with Gasteiger partial charge in [0.25, 0.3) is 5.56 Å². The molecule has 3 rings (SSSR count). The topological polar surface area (TPSA) is 48.3 Å². The maximum absolute atomic E-state index is 12.3. The van der Waals surface area contributed by atoms with Crippen molar-refractivity contribution in [2.24, 2.45) is 0 Å². The van der Waals surface area contributed by atoms with Gasteiger partial charge in [0.05, 0.1) is 15.8 Å². The molecule has 0 bridgehead atoms. The van der Waals surface area contributed by atoms with Crippen LogP contribution in [-0.4, -0.2) is 9.93 Å². The van der Waals surface area contributed by atoms with E-state index in [1.165, 1.54) is 18.5 Å². The van der Waals surface area contributed by atoms with Crippen LogP contribution in [0.3, 0.4) is 0 Å². The largest absolute Gasteiger partial charge is 0.427 e. The van der Waals surface area contributed by atoms with Gasteiger partial charge in [-0.15, -0.1) is 0 Å². The number of hydrogen-bond acceptors (Lipinski definition) is 4. The summed E-state index contributed by atoms with van der Waals surface area (Å²) in [6.45, 7) is 1.35. The predicted molar refractivity (Wildman–Crippen MR) is 78.7 cm³/mol. The molecular weight excluding hydrogens is 274 g/mol. The lowest BCUT2D eigenvalue weighted by Crippen LogP contribution is -2.10. The van der Waals surface area contributed by atoms with E-state index in [-0.39, 0.29) is 11.5 Å². The van der Waals surface area contributed by atoms with Crippen molar-refractivity contribution in [1.29, 1.82) is 0 Å². The summed E-state index contributed by atoms with van der Waals surface area (Å²) in [4.78, 5) is 23.1. The third-order valence-electron chi connectivity index (χ3n) is 2.82. The molecule has 100 valence electrons. The van der Waals surface area contributed by atoms with Gasteiger partial charge >= 0.3 is 5.97 Å². The molecular formula is C15H11NO3S. The van der Waals surface area contributed by atoms with Crippen LogP contribution < -0.4 is 10.3 Å². The second-order valence-corrected chi connectivity index (χ2v) is 5.26. The highest BCUT2D eigenvalue weighted by molar-refractivity contribution is 7.14. The number of ether oxygens (including phenoxy) is 1. The second kappa shape index (κ2) is 4.94. The van der Waals surface area contributed by atoms with Gasteiger partial charge in [0.15, 0.2) is 0 Å². The zero-order valence-corrected chi connectivity index (χ0v) is 11.5. The Balaban J connectivity index is 2.05. The van der Waals surface area contributed by atoms with Gasteiger partial charge < -0.3 is 4.74 Å². The van der Waals surface area contributed by atoms with E-state index in [4.69, 9.17) is 4.74 Å². The van der Waals surface area contributed by atoms with Gasteiger partial charge in [0.2, 0.25) is 0 Å². The summed E-state index contributed by atoms with van der Waals surface area (Å²) < 4.78 is 7.54. The van der Waals surface area contributed by atoms with E-state index in [0.29, 0.717) is 11.1 Å². The van der Waals surface area contributed by atoms with E-state index in [2.05, 4.69) is 0 Å². The summed E-state index contributed by atoms with van der Waals surface area (Å²) in [5.41, 5.74) is 0.720. The fourth-order valence-electron chi connectivity index (χ4n) is 1.96. The first-order chi connectivity index (χ1) is 9.65. The van der Waals surface area contributed by atoms with E-state index >= 15 is 0 Å². The summed E-state index contributed by atoms with van der Waals surface area (Å²) in [5, 5.41) is 0.710. The summed E-state index contributed by atoms with van der Waals surface area (Å²) >= 11 is 1.39. The Bertz CT molecular complexity index is 830. The van der Waals surface area contributed by atoms with Crippen LogP contribution in [0.15, 0.2) is 53.3 Å². The zero-order chi connectivity index (χ0) is 14.1. The Morgan fingerprint density at radius 2 is 1.80 bits per heavy atom. The van der Waals surface area contributed by atoms with Crippen molar-refractivity contribution in [3.05, 3.63) is 58.9 Å². The Morgan fingerprint density at radius 3 is 2.45 bits per heavy atom. The highest BCUT2D eigenvalue weighted by Crippen LogP contribution is 2.21. The number of nitrogens with zero attached hydrogens (tertiary/aromatic N) is 1. The highest BCUT2D eigenvalue weighted by Gasteiger charge is 2.08. The number of rotatable bonds is 2. The molecule has 2 aromatic carbocycles. The minimum Gasteiger partial charge on any atom is -0.427 e. The molecule has 0 fully saturated rings. The van der Waals surface area contributed by atoms with Crippen molar-refractivity contribution >= 4 is 27.6 Å².